The summed E-state index contributed by atoms with van der Waals surface area (Å²) in [6, 6.07) is 9.33. The van der Waals surface area contributed by atoms with Crippen molar-refractivity contribution in [2.24, 2.45) is 0 Å². The molecule has 1 saturated carbocycles. The first kappa shape index (κ1) is 26.7. The molecule has 0 radical (unpaired) electrons. The maximum absolute atomic E-state index is 13.1. The largest absolute Gasteiger partial charge is 0.418 e. The van der Waals surface area contributed by atoms with E-state index in [1.165, 1.54) is 6.07 Å². The van der Waals surface area contributed by atoms with E-state index in [0.29, 0.717) is 41.9 Å². The van der Waals surface area contributed by atoms with Crippen LogP contribution >= 0.6 is 23.2 Å². The highest BCUT2D eigenvalue weighted by Gasteiger charge is 2.33. The number of halogens is 5. The Kier molecular flexibility index (Phi) is 8.42. The van der Waals surface area contributed by atoms with E-state index in [2.05, 4.69) is 10.2 Å². The molecule has 0 unspecified atom stereocenters. The van der Waals surface area contributed by atoms with Crippen molar-refractivity contribution >= 4 is 46.2 Å². The van der Waals surface area contributed by atoms with E-state index in [0.717, 1.165) is 37.4 Å². The van der Waals surface area contributed by atoms with Gasteiger partial charge in [0.2, 0.25) is 5.91 Å². The van der Waals surface area contributed by atoms with E-state index in [9.17, 15) is 18.0 Å². The average Bonchev–Trinajstić information content (AvgIpc) is 2.84. The van der Waals surface area contributed by atoms with Gasteiger partial charge in [-0.25, -0.2) is 0 Å². The molecule has 0 aromatic heterocycles. The number of nitrogen functional groups attached to an aromatic ring is 1. The van der Waals surface area contributed by atoms with Gasteiger partial charge < -0.3 is 25.6 Å². The van der Waals surface area contributed by atoms with Crippen molar-refractivity contribution in [1.82, 2.24) is 4.90 Å². The van der Waals surface area contributed by atoms with Crippen LogP contribution in [0.25, 0.3) is 0 Å². The molecule has 1 amide bonds. The second-order valence-electron chi connectivity index (χ2n) is 9.19. The number of amides is 1. The Morgan fingerprint density at radius 1 is 1.03 bits per heavy atom. The Labute approximate surface area is 218 Å². The molecular formula is C25H29Cl2F3N4O2. The summed E-state index contributed by atoms with van der Waals surface area (Å²) in [5.74, 6) is -0.0429. The zero-order valence-electron chi connectivity index (χ0n) is 19.7. The molecular weight excluding hydrogens is 516 g/mol. The summed E-state index contributed by atoms with van der Waals surface area (Å²) in [5.41, 5.74) is 5.66. The third-order valence-electron chi connectivity index (χ3n) is 6.73. The van der Waals surface area contributed by atoms with E-state index in [4.69, 9.17) is 33.7 Å². The zero-order valence-corrected chi connectivity index (χ0v) is 21.2. The van der Waals surface area contributed by atoms with Crippen molar-refractivity contribution < 1.29 is 22.7 Å². The standard InChI is InChI=1S/C25H29Cl2F3N4O2/c26-16-1-8-23(21(27)13-16)33-9-11-34(12-10-33)24(35)15-36-19-5-2-17(3-6-19)32-18-4-7-22(31)20(14-18)25(28,29)30/h1,4,7-8,13-14,17,19,32H,2-3,5-6,9-12,15,31H2. The Morgan fingerprint density at radius 3 is 2.36 bits per heavy atom. The third-order valence-corrected chi connectivity index (χ3v) is 7.27. The van der Waals surface area contributed by atoms with Crippen LogP contribution in [0.1, 0.15) is 31.2 Å². The number of carbonyl (C=O) groups is 1. The van der Waals surface area contributed by atoms with Crippen LogP contribution in [0.15, 0.2) is 36.4 Å². The van der Waals surface area contributed by atoms with E-state index in [1.807, 2.05) is 6.07 Å². The van der Waals surface area contributed by atoms with Crippen LogP contribution in [0.2, 0.25) is 10.0 Å². The molecule has 196 valence electrons. The number of anilines is 3. The fraction of sp³-hybridized carbons (Fsp3) is 0.480. The molecule has 36 heavy (non-hydrogen) atoms. The Balaban J connectivity index is 1.18. The van der Waals surface area contributed by atoms with Gasteiger partial charge in [-0.2, -0.15) is 13.2 Å². The number of carbonyl (C=O) groups excluding carboxylic acids is 1. The summed E-state index contributed by atoms with van der Waals surface area (Å²) in [7, 11) is 0. The minimum Gasteiger partial charge on any atom is -0.398 e. The molecule has 1 aliphatic carbocycles. The van der Waals surface area contributed by atoms with Crippen LogP contribution in [0.4, 0.5) is 30.2 Å². The lowest BCUT2D eigenvalue weighted by molar-refractivity contribution is -0.139. The predicted octanol–water partition coefficient (Wildman–Crippen LogP) is 5.68. The molecule has 2 fully saturated rings. The molecule has 4 rings (SSSR count). The number of hydrogen-bond donors (Lipinski definition) is 2. The highest BCUT2D eigenvalue weighted by atomic mass is 35.5. The van der Waals surface area contributed by atoms with Crippen molar-refractivity contribution in [3.05, 3.63) is 52.0 Å². The van der Waals surface area contributed by atoms with Crippen molar-refractivity contribution in [2.45, 2.75) is 44.0 Å². The number of hydrogen-bond acceptors (Lipinski definition) is 5. The van der Waals surface area contributed by atoms with E-state index in [1.54, 1.807) is 23.1 Å². The number of nitrogens with zero attached hydrogens (tertiary/aromatic N) is 2. The molecule has 1 heterocycles. The number of rotatable bonds is 6. The van der Waals surface area contributed by atoms with E-state index < -0.39 is 11.7 Å². The SMILES string of the molecule is Nc1ccc(NC2CCC(OCC(=O)N3CCN(c4ccc(Cl)cc4Cl)CC3)CC2)cc1C(F)(F)F. The lowest BCUT2D eigenvalue weighted by Gasteiger charge is -2.37. The first-order chi connectivity index (χ1) is 17.1. The second-order valence-corrected chi connectivity index (χ2v) is 10.0. The first-order valence-electron chi connectivity index (χ1n) is 11.9. The van der Waals surface area contributed by atoms with Gasteiger partial charge in [-0.1, -0.05) is 23.2 Å². The van der Waals surface area contributed by atoms with Crippen LogP contribution in [-0.4, -0.2) is 55.7 Å². The molecule has 11 heteroatoms. The number of ether oxygens (including phenoxy) is 1. The molecule has 0 spiro atoms. The van der Waals surface area contributed by atoms with Gasteiger partial charge in [-0.3, -0.25) is 4.79 Å². The smallest absolute Gasteiger partial charge is 0.398 e. The Bertz CT molecular complexity index is 1070. The number of piperazine rings is 1. The summed E-state index contributed by atoms with van der Waals surface area (Å²) in [5, 5.41) is 4.35. The van der Waals surface area contributed by atoms with Gasteiger partial charge >= 0.3 is 6.18 Å². The molecule has 0 atom stereocenters. The van der Waals surface area contributed by atoms with Gasteiger partial charge in [0, 0.05) is 48.6 Å². The van der Waals surface area contributed by atoms with Crippen LogP contribution in [-0.2, 0) is 15.7 Å². The fourth-order valence-electron chi connectivity index (χ4n) is 4.72. The number of benzene rings is 2. The number of nitrogens with one attached hydrogen (secondary N) is 1. The first-order valence-corrected chi connectivity index (χ1v) is 12.7. The highest BCUT2D eigenvalue weighted by molar-refractivity contribution is 6.36. The van der Waals surface area contributed by atoms with Gasteiger partial charge in [0.15, 0.2) is 0 Å². The molecule has 1 aliphatic heterocycles. The Hall–Kier alpha value is -2.36. The Morgan fingerprint density at radius 2 is 1.72 bits per heavy atom. The summed E-state index contributed by atoms with van der Waals surface area (Å²) >= 11 is 12.3. The van der Waals surface area contributed by atoms with E-state index >= 15 is 0 Å². The minimum absolute atomic E-state index is 0.0252. The fourth-order valence-corrected chi connectivity index (χ4v) is 5.24. The minimum atomic E-state index is -4.49. The van der Waals surface area contributed by atoms with Gasteiger partial charge in [-0.05, 0) is 62.1 Å². The summed E-state index contributed by atoms with van der Waals surface area (Å²) < 4.78 is 45.2. The molecule has 2 aliphatic rings. The molecule has 2 aromatic carbocycles. The van der Waals surface area contributed by atoms with Crippen molar-refractivity contribution in [1.29, 1.82) is 0 Å². The van der Waals surface area contributed by atoms with E-state index in [-0.39, 0.29) is 30.3 Å². The highest BCUT2D eigenvalue weighted by Crippen LogP contribution is 2.36. The van der Waals surface area contributed by atoms with Crippen molar-refractivity contribution in [2.75, 3.05) is 48.7 Å². The molecule has 1 saturated heterocycles. The van der Waals surface area contributed by atoms with Gasteiger partial charge in [-0.15, -0.1) is 0 Å². The molecule has 0 bridgehead atoms. The summed E-state index contributed by atoms with van der Waals surface area (Å²) in [6.45, 7) is 2.53. The maximum atomic E-state index is 13.1. The molecule has 2 aromatic rings. The molecule has 3 N–H and O–H groups in total. The quantitative estimate of drug-likeness (QED) is 0.457. The molecule has 6 nitrogen and oxygen atoms in total. The average molecular weight is 545 g/mol. The summed E-state index contributed by atoms with van der Waals surface area (Å²) in [6.07, 6.45) is -1.59. The van der Waals surface area contributed by atoms with Crippen LogP contribution < -0.4 is 16.0 Å². The topological polar surface area (TPSA) is 70.8 Å². The second kappa shape index (κ2) is 11.4. The lowest BCUT2D eigenvalue weighted by Crippen LogP contribution is -2.50. The van der Waals surface area contributed by atoms with Crippen LogP contribution in [0.3, 0.4) is 0 Å². The normalized spacial score (nSPS) is 20.9. The number of nitrogens with two attached hydrogens (primary N) is 1. The van der Waals surface area contributed by atoms with Crippen molar-refractivity contribution in [3.8, 4) is 0 Å². The monoisotopic (exact) mass is 544 g/mol. The zero-order chi connectivity index (χ0) is 25.9. The third kappa shape index (κ3) is 6.69. The van der Waals surface area contributed by atoms with Crippen LogP contribution in [0, 0.1) is 0 Å². The van der Waals surface area contributed by atoms with Gasteiger partial charge in [0.25, 0.3) is 0 Å². The van der Waals surface area contributed by atoms with Crippen LogP contribution in [0.5, 0.6) is 0 Å². The summed E-state index contributed by atoms with van der Waals surface area (Å²) in [4.78, 5) is 16.6. The van der Waals surface area contributed by atoms with Gasteiger partial charge in [0.05, 0.1) is 22.4 Å². The van der Waals surface area contributed by atoms with Gasteiger partial charge in [0.1, 0.15) is 6.61 Å². The predicted molar refractivity (Wildman–Crippen MR) is 137 cm³/mol. The number of alkyl halides is 3. The van der Waals surface area contributed by atoms with Crippen molar-refractivity contribution in [3.63, 3.8) is 0 Å². The lowest BCUT2D eigenvalue weighted by atomic mass is 9.92. The maximum Gasteiger partial charge on any atom is 0.418 e.